The Morgan fingerprint density at radius 1 is 1.30 bits per heavy atom. The highest BCUT2D eigenvalue weighted by molar-refractivity contribution is 5.67. The third kappa shape index (κ3) is 4.29. The van der Waals surface area contributed by atoms with E-state index in [0.29, 0.717) is 24.7 Å². The number of ether oxygens (including phenoxy) is 3. The summed E-state index contributed by atoms with van der Waals surface area (Å²) in [5.41, 5.74) is 1.41. The summed E-state index contributed by atoms with van der Waals surface area (Å²) in [6.07, 6.45) is 3.97. The van der Waals surface area contributed by atoms with Crippen LogP contribution in [0.2, 0.25) is 0 Å². The highest BCUT2D eigenvalue weighted by atomic mass is 19.3. The first kappa shape index (κ1) is 15.5. The maximum Gasteiger partial charge on any atom is 0.387 e. The van der Waals surface area contributed by atoms with Crippen LogP contribution < -0.4 is 14.8 Å². The van der Waals surface area contributed by atoms with Gasteiger partial charge in [-0.3, -0.25) is 4.98 Å². The Balaban J connectivity index is 1.83. The maximum atomic E-state index is 12.4. The quantitative estimate of drug-likeness (QED) is 0.881. The molecule has 2 heterocycles. The second kappa shape index (κ2) is 7.23. The average Bonchev–Trinajstić information content (AvgIpc) is 3.03. The minimum Gasteiger partial charge on any atom is -0.486 e. The number of nitrogens with one attached hydrogen (secondary N) is 1. The fourth-order valence-corrected chi connectivity index (χ4v) is 2.26. The lowest BCUT2D eigenvalue weighted by atomic mass is 10.2. The highest BCUT2D eigenvalue weighted by Crippen LogP contribution is 2.33. The summed E-state index contributed by atoms with van der Waals surface area (Å²) in [6.45, 7) is -1.77. The van der Waals surface area contributed by atoms with Crippen molar-refractivity contribution in [2.45, 2.75) is 19.1 Å². The molecule has 0 spiro atoms. The van der Waals surface area contributed by atoms with Crippen molar-refractivity contribution in [3.05, 3.63) is 42.7 Å². The van der Waals surface area contributed by atoms with E-state index in [9.17, 15) is 8.78 Å². The topological polar surface area (TPSA) is 52.6 Å². The Hall–Kier alpha value is -2.41. The molecule has 1 fully saturated rings. The van der Waals surface area contributed by atoms with Crippen LogP contribution >= 0.6 is 0 Å². The number of aromatic nitrogens is 1. The van der Waals surface area contributed by atoms with E-state index in [1.54, 1.807) is 24.5 Å². The van der Waals surface area contributed by atoms with Gasteiger partial charge in [-0.1, -0.05) is 0 Å². The molecule has 122 valence electrons. The predicted octanol–water partition coefficient (Wildman–Crippen LogP) is 3.59. The highest BCUT2D eigenvalue weighted by Gasteiger charge is 2.19. The summed E-state index contributed by atoms with van der Waals surface area (Å²) < 4.78 is 40.4. The average molecular weight is 322 g/mol. The van der Waals surface area contributed by atoms with E-state index in [-0.39, 0.29) is 11.9 Å². The van der Waals surface area contributed by atoms with Crippen LogP contribution in [0.4, 0.5) is 20.2 Å². The normalized spacial score (nSPS) is 17.3. The molecule has 1 saturated heterocycles. The number of rotatable bonds is 6. The van der Waals surface area contributed by atoms with Gasteiger partial charge in [0.05, 0.1) is 30.8 Å². The van der Waals surface area contributed by atoms with E-state index in [4.69, 9.17) is 9.47 Å². The first-order chi connectivity index (χ1) is 11.2. The maximum absolute atomic E-state index is 12.4. The summed E-state index contributed by atoms with van der Waals surface area (Å²) in [4.78, 5) is 4.02. The van der Waals surface area contributed by atoms with Crippen molar-refractivity contribution in [1.29, 1.82) is 0 Å². The molecular weight excluding hydrogens is 306 g/mol. The molecule has 0 saturated carbocycles. The molecule has 0 aliphatic carbocycles. The molecule has 1 aromatic heterocycles. The van der Waals surface area contributed by atoms with Gasteiger partial charge in [0.1, 0.15) is 17.6 Å². The fourth-order valence-electron chi connectivity index (χ4n) is 2.26. The van der Waals surface area contributed by atoms with E-state index >= 15 is 0 Å². The van der Waals surface area contributed by atoms with Gasteiger partial charge in [0.2, 0.25) is 0 Å². The monoisotopic (exact) mass is 322 g/mol. The Bertz CT molecular complexity index is 634. The largest absolute Gasteiger partial charge is 0.486 e. The molecule has 0 unspecified atom stereocenters. The molecule has 0 bridgehead atoms. The lowest BCUT2D eigenvalue weighted by Crippen LogP contribution is -2.16. The van der Waals surface area contributed by atoms with Crippen LogP contribution in [0.15, 0.2) is 42.7 Å². The Morgan fingerprint density at radius 2 is 2.22 bits per heavy atom. The van der Waals surface area contributed by atoms with Crippen molar-refractivity contribution in [3.63, 3.8) is 0 Å². The van der Waals surface area contributed by atoms with Gasteiger partial charge < -0.3 is 19.5 Å². The molecule has 1 aliphatic rings. The summed E-state index contributed by atoms with van der Waals surface area (Å²) in [5, 5.41) is 3.16. The molecule has 7 heteroatoms. The number of halogens is 2. The van der Waals surface area contributed by atoms with Crippen molar-refractivity contribution in [1.82, 2.24) is 4.98 Å². The van der Waals surface area contributed by atoms with Crippen LogP contribution in [0.1, 0.15) is 6.42 Å². The van der Waals surface area contributed by atoms with Gasteiger partial charge in [-0.05, 0) is 24.3 Å². The van der Waals surface area contributed by atoms with E-state index in [0.717, 1.165) is 12.1 Å². The molecule has 2 aromatic rings. The van der Waals surface area contributed by atoms with Crippen molar-refractivity contribution in [2.24, 2.45) is 0 Å². The van der Waals surface area contributed by atoms with Gasteiger partial charge in [-0.25, -0.2) is 0 Å². The lowest BCUT2D eigenvalue weighted by Gasteiger charge is -2.18. The SMILES string of the molecule is FC(F)Oc1ccc(Nc2cccnc2)c(O[C@@H]2CCOC2)c1. The second-order valence-corrected chi connectivity index (χ2v) is 5.01. The molecule has 1 aliphatic heterocycles. The Morgan fingerprint density at radius 3 is 2.91 bits per heavy atom. The summed E-state index contributed by atoms with van der Waals surface area (Å²) >= 11 is 0. The lowest BCUT2D eigenvalue weighted by molar-refractivity contribution is -0.0499. The minimum atomic E-state index is -2.88. The van der Waals surface area contributed by atoms with Gasteiger partial charge in [0.15, 0.2) is 0 Å². The summed E-state index contributed by atoms with van der Waals surface area (Å²) in [7, 11) is 0. The number of hydrogen-bond acceptors (Lipinski definition) is 5. The van der Waals surface area contributed by atoms with E-state index in [1.165, 1.54) is 12.1 Å². The predicted molar refractivity (Wildman–Crippen MR) is 80.4 cm³/mol. The van der Waals surface area contributed by atoms with Crippen LogP contribution in [0, 0.1) is 0 Å². The molecule has 0 amide bonds. The molecule has 1 atom stereocenters. The van der Waals surface area contributed by atoms with E-state index in [1.807, 2.05) is 6.07 Å². The minimum absolute atomic E-state index is 0.0469. The van der Waals surface area contributed by atoms with Crippen LogP contribution in [0.3, 0.4) is 0 Å². The smallest absolute Gasteiger partial charge is 0.387 e. The number of benzene rings is 1. The van der Waals surface area contributed by atoms with Gasteiger partial charge in [0.25, 0.3) is 0 Å². The third-order valence-electron chi connectivity index (χ3n) is 3.30. The Labute approximate surface area is 132 Å². The van der Waals surface area contributed by atoms with Gasteiger partial charge >= 0.3 is 6.61 Å². The molecular formula is C16H16F2N2O3. The van der Waals surface area contributed by atoms with Crippen LogP contribution in [0.5, 0.6) is 11.5 Å². The van der Waals surface area contributed by atoms with E-state index in [2.05, 4.69) is 15.0 Å². The molecule has 0 radical (unpaired) electrons. The Kier molecular flexibility index (Phi) is 4.87. The standard InChI is InChI=1S/C16H16F2N2O3/c17-16(18)23-12-3-4-14(20-11-2-1-6-19-9-11)15(8-12)22-13-5-7-21-10-13/h1-4,6,8-9,13,16,20H,5,7,10H2/t13-/m1/s1. The number of anilines is 2. The first-order valence-corrected chi connectivity index (χ1v) is 7.21. The molecule has 1 N–H and O–H groups in total. The molecule has 3 rings (SSSR count). The molecule has 5 nitrogen and oxygen atoms in total. The van der Waals surface area contributed by atoms with Gasteiger partial charge in [-0.15, -0.1) is 0 Å². The van der Waals surface area contributed by atoms with Crippen molar-refractivity contribution < 1.29 is 23.0 Å². The molecule has 23 heavy (non-hydrogen) atoms. The summed E-state index contributed by atoms with van der Waals surface area (Å²) in [6, 6.07) is 8.18. The van der Waals surface area contributed by atoms with Crippen molar-refractivity contribution in [3.8, 4) is 11.5 Å². The van der Waals surface area contributed by atoms with Crippen LogP contribution in [-0.2, 0) is 4.74 Å². The van der Waals surface area contributed by atoms with Gasteiger partial charge in [-0.2, -0.15) is 8.78 Å². The van der Waals surface area contributed by atoms with Crippen LogP contribution in [-0.4, -0.2) is 30.9 Å². The van der Waals surface area contributed by atoms with E-state index < -0.39 is 6.61 Å². The molecule has 1 aromatic carbocycles. The van der Waals surface area contributed by atoms with Crippen LogP contribution in [0.25, 0.3) is 0 Å². The van der Waals surface area contributed by atoms with Crippen molar-refractivity contribution >= 4 is 11.4 Å². The number of pyridine rings is 1. The summed E-state index contributed by atoms with van der Waals surface area (Å²) in [5.74, 6) is 0.480. The first-order valence-electron chi connectivity index (χ1n) is 7.21. The third-order valence-corrected chi connectivity index (χ3v) is 3.30. The van der Waals surface area contributed by atoms with Gasteiger partial charge in [0, 0.05) is 18.7 Å². The zero-order valence-corrected chi connectivity index (χ0v) is 12.2. The zero-order chi connectivity index (χ0) is 16.1. The number of nitrogens with zero attached hydrogens (tertiary/aromatic N) is 1. The number of hydrogen-bond donors (Lipinski definition) is 1. The van der Waals surface area contributed by atoms with Crippen molar-refractivity contribution in [2.75, 3.05) is 18.5 Å². The fraction of sp³-hybridized carbons (Fsp3) is 0.312. The number of alkyl halides is 2. The second-order valence-electron chi connectivity index (χ2n) is 5.01. The zero-order valence-electron chi connectivity index (χ0n) is 12.2.